The van der Waals surface area contributed by atoms with E-state index in [0.717, 1.165) is 22.5 Å². The molecule has 0 bridgehead atoms. The standard InChI is InChI=1S/2C13H11NO.2C4H5N3.Cu.2O2S/c2*15-13-9-5-4-6-11(13)10-14-12-7-2-1-3-8-12;2*5-4-6-2-1-3-7-4;;2*1-3-2/h2*1-10,15H;2*1-3H,(H2,5,6,7);;;. The van der Waals surface area contributed by atoms with Gasteiger partial charge < -0.3 is 21.7 Å². The summed E-state index contributed by atoms with van der Waals surface area (Å²) in [5.41, 5.74) is 13.5. The fourth-order valence-corrected chi connectivity index (χ4v) is 3.13. The third kappa shape index (κ3) is 22.9. The molecule has 0 saturated heterocycles. The van der Waals surface area contributed by atoms with E-state index in [1.165, 1.54) is 0 Å². The number of aromatic nitrogens is 4. The summed E-state index contributed by atoms with van der Waals surface area (Å²) in [6.07, 6.45) is 9.71. The van der Waals surface area contributed by atoms with Crippen LogP contribution >= 0.6 is 0 Å². The van der Waals surface area contributed by atoms with E-state index >= 15 is 0 Å². The summed E-state index contributed by atoms with van der Waals surface area (Å²) in [7, 11) is 0. The van der Waals surface area contributed by atoms with Gasteiger partial charge >= 0.3 is 23.1 Å². The van der Waals surface area contributed by atoms with Gasteiger partial charge in [-0.2, -0.15) is 16.8 Å². The Morgan fingerprint density at radius 1 is 0.471 bits per heavy atom. The smallest absolute Gasteiger partial charge is 0.335 e. The third-order valence-electron chi connectivity index (χ3n) is 5.26. The van der Waals surface area contributed by atoms with Gasteiger partial charge in [-0.1, -0.05) is 60.7 Å². The number of phenolic OH excluding ortho intramolecular Hbond substituents is 2. The van der Waals surface area contributed by atoms with Crippen molar-refractivity contribution in [2.24, 2.45) is 9.98 Å². The van der Waals surface area contributed by atoms with Crippen molar-refractivity contribution < 1.29 is 44.1 Å². The summed E-state index contributed by atoms with van der Waals surface area (Å²) >= 11 is -1.50. The fraction of sp³-hybridized carbons (Fsp3) is 0. The van der Waals surface area contributed by atoms with Crippen LogP contribution < -0.4 is 11.5 Å². The zero-order chi connectivity index (χ0) is 36.7. The number of nitrogens with zero attached hydrogens (tertiary/aromatic N) is 6. The maximum atomic E-state index is 9.50. The molecule has 0 fully saturated rings. The molecule has 1 radical (unpaired) electrons. The molecule has 6 rings (SSSR count). The molecule has 267 valence electrons. The number of anilines is 2. The van der Waals surface area contributed by atoms with Gasteiger partial charge in [-0.3, -0.25) is 9.98 Å². The SMILES string of the molecule is Nc1ncccn1.Nc1ncccn1.O=S=O.O=S=O.Oc1ccccc1C=Nc1ccccc1.Oc1ccccc1C=Nc1ccccc1.[Cu]. The molecule has 0 saturated carbocycles. The minimum atomic E-state index is -0.750. The van der Waals surface area contributed by atoms with E-state index in [4.69, 9.17) is 28.3 Å². The largest absolute Gasteiger partial charge is 0.507 e. The van der Waals surface area contributed by atoms with Crippen LogP contribution in [0.25, 0.3) is 0 Å². The average Bonchev–Trinajstić information content (AvgIpc) is 3.14. The van der Waals surface area contributed by atoms with Crippen molar-refractivity contribution in [1.29, 1.82) is 0 Å². The number of rotatable bonds is 4. The second-order valence-electron chi connectivity index (χ2n) is 8.66. The van der Waals surface area contributed by atoms with Crippen LogP contribution in [0.2, 0.25) is 0 Å². The maximum absolute atomic E-state index is 9.50. The van der Waals surface area contributed by atoms with Gasteiger partial charge in [-0.05, 0) is 60.7 Å². The number of nitrogens with two attached hydrogens (primary N) is 2. The minimum absolute atomic E-state index is 0. The Balaban J connectivity index is 0.000000645. The van der Waals surface area contributed by atoms with Crippen LogP contribution in [0.5, 0.6) is 11.5 Å². The van der Waals surface area contributed by atoms with Gasteiger partial charge in [0.15, 0.2) is 0 Å². The average molecular weight is 776 g/mol. The molecule has 0 unspecified atom stereocenters. The monoisotopic (exact) mass is 775 g/mol. The van der Waals surface area contributed by atoms with E-state index < -0.39 is 23.1 Å². The molecule has 6 aromatic rings. The molecule has 0 aliphatic carbocycles. The van der Waals surface area contributed by atoms with E-state index in [2.05, 4.69) is 29.9 Å². The molecule has 51 heavy (non-hydrogen) atoms. The Bertz CT molecular complexity index is 1760. The van der Waals surface area contributed by atoms with E-state index in [1.54, 1.807) is 73.6 Å². The predicted molar refractivity (Wildman–Crippen MR) is 194 cm³/mol. The molecule has 0 atom stereocenters. The summed E-state index contributed by atoms with van der Waals surface area (Å²) in [4.78, 5) is 23.1. The van der Waals surface area contributed by atoms with Crippen molar-refractivity contribution >= 4 is 58.8 Å². The first-order valence-corrected chi connectivity index (χ1v) is 15.3. The fourth-order valence-electron chi connectivity index (χ4n) is 3.13. The van der Waals surface area contributed by atoms with Crippen LogP contribution in [0.3, 0.4) is 0 Å². The van der Waals surface area contributed by atoms with Crippen LogP contribution in [-0.2, 0) is 40.2 Å². The molecule has 2 heterocycles. The van der Waals surface area contributed by atoms with Crippen molar-refractivity contribution in [2.45, 2.75) is 0 Å². The molecule has 17 heteroatoms. The van der Waals surface area contributed by atoms with Crippen LogP contribution in [-0.4, -0.2) is 59.4 Å². The summed E-state index contributed by atoms with van der Waals surface area (Å²) in [5.74, 6) is 1.14. The first-order chi connectivity index (χ1) is 24.3. The Morgan fingerprint density at radius 3 is 1.00 bits per heavy atom. The molecule has 0 spiro atoms. The van der Waals surface area contributed by atoms with Gasteiger partial charge in [0.2, 0.25) is 11.9 Å². The van der Waals surface area contributed by atoms with Gasteiger partial charge in [0, 0.05) is 65.4 Å². The van der Waals surface area contributed by atoms with Gasteiger partial charge in [0.1, 0.15) is 11.5 Å². The number of aromatic hydroxyl groups is 2. The first-order valence-electron chi connectivity index (χ1n) is 14.0. The Hall–Kier alpha value is -6.26. The van der Waals surface area contributed by atoms with Crippen molar-refractivity contribution in [2.75, 3.05) is 11.5 Å². The Labute approximate surface area is 311 Å². The zero-order valence-corrected chi connectivity index (χ0v) is 29.1. The molecule has 6 N–H and O–H groups in total. The van der Waals surface area contributed by atoms with Crippen LogP contribution in [0, 0.1) is 0 Å². The molecule has 0 aliphatic rings. The van der Waals surface area contributed by atoms with E-state index in [9.17, 15) is 10.2 Å². The Kier molecular flexibility index (Phi) is 26.2. The molecule has 0 amide bonds. The van der Waals surface area contributed by atoms with Gasteiger partial charge in [0.05, 0.1) is 11.4 Å². The normalized spacial score (nSPS) is 9.10. The van der Waals surface area contributed by atoms with Crippen LogP contribution in [0.1, 0.15) is 11.1 Å². The first kappa shape index (κ1) is 44.7. The summed E-state index contributed by atoms with van der Waals surface area (Å²) in [5, 5.41) is 19.0. The van der Waals surface area contributed by atoms with Gasteiger partial charge in [0.25, 0.3) is 0 Å². The molecule has 2 aromatic heterocycles. The zero-order valence-electron chi connectivity index (χ0n) is 26.5. The van der Waals surface area contributed by atoms with E-state index in [-0.39, 0.29) is 28.6 Å². The number of benzene rings is 4. The summed E-state index contributed by atoms with van der Waals surface area (Å²) in [6.45, 7) is 0. The predicted octanol–water partition coefficient (Wildman–Crippen LogP) is 5.06. The number of phenols is 2. The number of hydrogen-bond donors (Lipinski definition) is 4. The topological polar surface area (TPSA) is 237 Å². The number of nitrogen functional groups attached to an aromatic ring is 2. The quantitative estimate of drug-likeness (QED) is 0.136. The van der Waals surface area contributed by atoms with Gasteiger partial charge in [-0.15, -0.1) is 0 Å². The molecular formula is C34H32CuN8O6S2. The molecule has 0 aliphatic heterocycles. The van der Waals surface area contributed by atoms with Gasteiger partial charge in [-0.25, -0.2) is 19.9 Å². The number of para-hydroxylation sites is 4. The summed E-state index contributed by atoms with van der Waals surface area (Å²) in [6, 6.07) is 36.9. The summed E-state index contributed by atoms with van der Waals surface area (Å²) < 4.78 is 33.2. The van der Waals surface area contributed by atoms with E-state index in [0.29, 0.717) is 11.9 Å². The minimum Gasteiger partial charge on any atom is -0.507 e. The molecule has 14 nitrogen and oxygen atoms in total. The molecule has 4 aromatic carbocycles. The van der Waals surface area contributed by atoms with Crippen LogP contribution in [0.4, 0.5) is 23.3 Å². The van der Waals surface area contributed by atoms with E-state index in [1.807, 2.05) is 84.9 Å². The van der Waals surface area contributed by atoms with Crippen molar-refractivity contribution in [3.05, 3.63) is 157 Å². The second-order valence-corrected chi connectivity index (χ2v) is 8.93. The maximum Gasteiger partial charge on any atom is 0.335 e. The molecular weight excluding hydrogens is 744 g/mol. The van der Waals surface area contributed by atoms with Crippen LogP contribution in [0.15, 0.2) is 156 Å². The van der Waals surface area contributed by atoms with Crippen molar-refractivity contribution in [1.82, 2.24) is 19.9 Å². The number of hydrogen-bond acceptors (Lipinski definition) is 14. The Morgan fingerprint density at radius 2 is 0.745 bits per heavy atom. The third-order valence-corrected chi connectivity index (χ3v) is 5.26. The number of aliphatic imine (C=N–C) groups is 2. The van der Waals surface area contributed by atoms with Crippen molar-refractivity contribution in [3.63, 3.8) is 0 Å². The van der Waals surface area contributed by atoms with Crippen molar-refractivity contribution in [3.8, 4) is 11.5 Å². The second kappa shape index (κ2) is 29.8.